The van der Waals surface area contributed by atoms with E-state index in [0.29, 0.717) is 32.9 Å². The Labute approximate surface area is 179 Å². The molecule has 1 atom stereocenters. The average Bonchev–Trinajstić information content (AvgIpc) is 2.66. The zero-order valence-electron chi connectivity index (χ0n) is 15.5. The third-order valence-electron chi connectivity index (χ3n) is 4.10. The van der Waals surface area contributed by atoms with Crippen molar-refractivity contribution in [1.82, 2.24) is 10.2 Å². The van der Waals surface area contributed by atoms with Gasteiger partial charge in [-0.2, -0.15) is 0 Å². The lowest BCUT2D eigenvalue weighted by Crippen LogP contribution is -2.49. The quantitative estimate of drug-likeness (QED) is 0.650. The third kappa shape index (κ3) is 5.77. The molecule has 28 heavy (non-hydrogen) atoms. The minimum atomic E-state index is -0.741. The molecule has 8 heteroatoms. The van der Waals surface area contributed by atoms with Crippen molar-refractivity contribution >= 4 is 46.6 Å². The smallest absolute Gasteiger partial charge is 0.261 e. The number of likely N-dealkylation sites (N-methyl/N-ethyl adjacent to an activating group) is 1. The number of benzene rings is 2. The molecule has 0 fully saturated rings. The van der Waals surface area contributed by atoms with Crippen LogP contribution < -0.4 is 10.1 Å². The van der Waals surface area contributed by atoms with Crippen LogP contribution >= 0.6 is 34.8 Å². The maximum absolute atomic E-state index is 12.9. The van der Waals surface area contributed by atoms with Crippen LogP contribution in [-0.4, -0.2) is 35.9 Å². The van der Waals surface area contributed by atoms with Gasteiger partial charge in [0.15, 0.2) is 6.61 Å². The lowest BCUT2D eigenvalue weighted by Gasteiger charge is -2.29. The van der Waals surface area contributed by atoms with Crippen molar-refractivity contribution in [2.45, 2.75) is 26.4 Å². The van der Waals surface area contributed by atoms with Crippen molar-refractivity contribution in [2.24, 2.45) is 0 Å². The predicted molar refractivity (Wildman–Crippen MR) is 112 cm³/mol. The van der Waals surface area contributed by atoms with Gasteiger partial charge in [-0.05, 0) is 38.1 Å². The summed E-state index contributed by atoms with van der Waals surface area (Å²) in [4.78, 5) is 26.6. The van der Waals surface area contributed by atoms with Crippen molar-refractivity contribution in [3.63, 3.8) is 0 Å². The van der Waals surface area contributed by atoms with E-state index < -0.39 is 11.9 Å². The van der Waals surface area contributed by atoms with Crippen molar-refractivity contribution in [2.75, 3.05) is 13.2 Å². The molecule has 2 rings (SSSR count). The summed E-state index contributed by atoms with van der Waals surface area (Å²) in [5.41, 5.74) is 0.563. The number of hydrogen-bond donors (Lipinski definition) is 1. The van der Waals surface area contributed by atoms with Crippen molar-refractivity contribution in [1.29, 1.82) is 0 Å². The van der Waals surface area contributed by atoms with Gasteiger partial charge in [-0.15, -0.1) is 0 Å². The van der Waals surface area contributed by atoms with Gasteiger partial charge in [-0.25, -0.2) is 0 Å². The van der Waals surface area contributed by atoms with E-state index in [4.69, 9.17) is 39.5 Å². The molecule has 1 N–H and O–H groups in total. The Morgan fingerprint density at radius 1 is 1.04 bits per heavy atom. The fourth-order valence-corrected chi connectivity index (χ4v) is 3.25. The minimum Gasteiger partial charge on any atom is -0.482 e. The Balaban J connectivity index is 2.23. The summed E-state index contributed by atoms with van der Waals surface area (Å²) in [7, 11) is 0. The summed E-state index contributed by atoms with van der Waals surface area (Å²) in [5.74, 6) is -0.287. The Morgan fingerprint density at radius 3 is 2.25 bits per heavy atom. The van der Waals surface area contributed by atoms with Crippen LogP contribution in [0.3, 0.4) is 0 Å². The van der Waals surface area contributed by atoms with Gasteiger partial charge in [-0.1, -0.05) is 53.0 Å². The Kier molecular flexibility index (Phi) is 8.42. The molecule has 2 aromatic rings. The first-order valence-corrected chi connectivity index (χ1v) is 9.86. The predicted octanol–water partition coefficient (Wildman–Crippen LogP) is 4.58. The van der Waals surface area contributed by atoms with Gasteiger partial charge in [0.05, 0.1) is 5.02 Å². The Bertz CT molecular complexity index is 825. The summed E-state index contributed by atoms with van der Waals surface area (Å²) < 4.78 is 5.55. The fourth-order valence-electron chi connectivity index (χ4n) is 2.54. The summed E-state index contributed by atoms with van der Waals surface area (Å²) in [6.45, 7) is 3.69. The van der Waals surface area contributed by atoms with Gasteiger partial charge in [0.25, 0.3) is 5.91 Å². The van der Waals surface area contributed by atoms with Crippen molar-refractivity contribution in [3.05, 3.63) is 63.1 Å². The van der Waals surface area contributed by atoms with Crippen molar-refractivity contribution in [3.8, 4) is 5.75 Å². The molecule has 0 aliphatic heterocycles. The number of halogens is 3. The number of carbonyl (C=O) groups is 2. The molecule has 0 aromatic heterocycles. The molecule has 0 saturated heterocycles. The standard InChI is InChI=1S/C20H21Cl3N2O3/c1-3-24-20(27)13(2)25(11-14-15(21)8-6-9-16(14)22)19(26)12-28-18-10-5-4-7-17(18)23/h4-10,13H,3,11-12H2,1-2H3,(H,24,27)/t13-/m0/s1. The highest BCUT2D eigenvalue weighted by Gasteiger charge is 2.27. The molecule has 0 saturated carbocycles. The molecule has 0 aliphatic carbocycles. The summed E-state index contributed by atoms with van der Waals surface area (Å²) in [6.07, 6.45) is 0. The van der Waals surface area contributed by atoms with Crippen LogP contribution in [0.1, 0.15) is 19.4 Å². The van der Waals surface area contributed by atoms with Gasteiger partial charge in [0.2, 0.25) is 5.91 Å². The highest BCUT2D eigenvalue weighted by Crippen LogP contribution is 2.27. The van der Waals surface area contributed by atoms with E-state index in [1.807, 2.05) is 6.92 Å². The monoisotopic (exact) mass is 442 g/mol. The van der Waals surface area contributed by atoms with E-state index >= 15 is 0 Å². The van der Waals surface area contributed by atoms with Gasteiger partial charge in [0, 0.05) is 28.7 Å². The van der Waals surface area contributed by atoms with Crippen LogP contribution in [0, 0.1) is 0 Å². The first-order chi connectivity index (χ1) is 13.3. The van der Waals surface area contributed by atoms with Gasteiger partial charge >= 0.3 is 0 Å². The summed E-state index contributed by atoms with van der Waals surface area (Å²) >= 11 is 18.6. The summed E-state index contributed by atoms with van der Waals surface area (Å²) in [6, 6.07) is 11.2. The minimum absolute atomic E-state index is 0.0710. The molecule has 0 aliphatic rings. The number of rotatable bonds is 8. The zero-order valence-corrected chi connectivity index (χ0v) is 17.8. The number of hydrogen-bond acceptors (Lipinski definition) is 3. The second-order valence-corrected chi connectivity index (χ2v) is 7.23. The van der Waals surface area contributed by atoms with Crippen LogP contribution in [0.5, 0.6) is 5.75 Å². The lowest BCUT2D eigenvalue weighted by atomic mass is 10.1. The maximum atomic E-state index is 12.9. The first kappa shape index (κ1) is 22.3. The fraction of sp³-hybridized carbons (Fsp3) is 0.300. The van der Waals surface area contributed by atoms with Gasteiger partial charge in [0.1, 0.15) is 11.8 Å². The number of amides is 2. The molecule has 2 amide bonds. The van der Waals surface area contributed by atoms with Gasteiger partial charge in [-0.3, -0.25) is 9.59 Å². The number of ether oxygens (including phenoxy) is 1. The highest BCUT2D eigenvalue weighted by molar-refractivity contribution is 6.36. The Hall–Kier alpha value is -1.95. The SMILES string of the molecule is CCNC(=O)[C@H](C)N(Cc1c(Cl)cccc1Cl)C(=O)COc1ccccc1Cl. The van der Waals surface area contributed by atoms with Crippen LogP contribution in [0.2, 0.25) is 15.1 Å². The topological polar surface area (TPSA) is 58.6 Å². The second-order valence-electron chi connectivity index (χ2n) is 6.01. The number of nitrogens with one attached hydrogen (secondary N) is 1. The molecule has 150 valence electrons. The lowest BCUT2D eigenvalue weighted by molar-refractivity contribution is -0.142. The van der Waals surface area contributed by atoms with Crippen LogP contribution in [-0.2, 0) is 16.1 Å². The molecule has 0 heterocycles. The molecular weight excluding hydrogens is 423 g/mol. The van der Waals surface area contributed by atoms with E-state index in [1.54, 1.807) is 49.4 Å². The number of carbonyl (C=O) groups excluding carboxylic acids is 2. The maximum Gasteiger partial charge on any atom is 0.261 e. The van der Waals surface area contributed by atoms with E-state index in [9.17, 15) is 9.59 Å². The van der Waals surface area contributed by atoms with E-state index in [0.717, 1.165) is 0 Å². The van der Waals surface area contributed by atoms with Crippen LogP contribution in [0.25, 0.3) is 0 Å². The molecule has 2 aromatic carbocycles. The molecule has 0 bridgehead atoms. The number of nitrogens with zero attached hydrogens (tertiary/aromatic N) is 1. The third-order valence-corrected chi connectivity index (χ3v) is 5.12. The molecule has 0 spiro atoms. The number of para-hydroxylation sites is 1. The molecular formula is C20H21Cl3N2O3. The largest absolute Gasteiger partial charge is 0.482 e. The van der Waals surface area contributed by atoms with Crippen LogP contribution in [0.4, 0.5) is 0 Å². The van der Waals surface area contributed by atoms with E-state index in [2.05, 4.69) is 5.32 Å². The Morgan fingerprint density at radius 2 is 1.64 bits per heavy atom. The molecule has 0 radical (unpaired) electrons. The van der Waals surface area contributed by atoms with Crippen molar-refractivity contribution < 1.29 is 14.3 Å². The van der Waals surface area contributed by atoms with Crippen LogP contribution in [0.15, 0.2) is 42.5 Å². The van der Waals surface area contributed by atoms with E-state index in [-0.39, 0.29) is 19.1 Å². The average molecular weight is 444 g/mol. The van der Waals surface area contributed by atoms with Gasteiger partial charge < -0.3 is 15.0 Å². The first-order valence-electron chi connectivity index (χ1n) is 8.72. The molecule has 5 nitrogen and oxygen atoms in total. The van der Waals surface area contributed by atoms with E-state index in [1.165, 1.54) is 4.90 Å². The normalized spacial score (nSPS) is 11.6. The summed E-state index contributed by atoms with van der Waals surface area (Å²) in [5, 5.41) is 3.95. The highest BCUT2D eigenvalue weighted by atomic mass is 35.5. The zero-order chi connectivity index (χ0) is 20.7. The molecule has 0 unspecified atom stereocenters. The second kappa shape index (κ2) is 10.6.